The van der Waals surface area contributed by atoms with Crippen molar-refractivity contribution in [2.24, 2.45) is 0 Å². The first-order valence-electron chi connectivity index (χ1n) is 2.38. The van der Waals surface area contributed by atoms with Crippen molar-refractivity contribution >= 4 is 0 Å². The average Bonchev–Trinajstić information content (AvgIpc) is 1.71. The summed E-state index contributed by atoms with van der Waals surface area (Å²) in [6.07, 6.45) is 1.75. The van der Waals surface area contributed by atoms with Gasteiger partial charge in [0.25, 0.3) is 0 Å². The summed E-state index contributed by atoms with van der Waals surface area (Å²) in [6.45, 7) is 5.64. The van der Waals surface area contributed by atoms with Crippen LogP contribution in [0, 0.1) is 0 Å². The van der Waals surface area contributed by atoms with Crippen LogP contribution in [-0.2, 0) is 9.47 Å². The summed E-state index contributed by atoms with van der Waals surface area (Å²) < 4.78 is 8.94. The molecule has 0 aromatic rings. The van der Waals surface area contributed by atoms with Crippen molar-refractivity contribution in [3.8, 4) is 0 Å². The fraction of sp³-hybridized carbons (Fsp3) is 0.667. The molecule has 0 aromatic heterocycles. The van der Waals surface area contributed by atoms with E-state index >= 15 is 0 Å². The standard InChI is InChI=1S/C3H8O2.C3H6/c1-4-3-5-2;1-3-2/h3H2,1-2H3;3H,1H2,2H3. The molecular formula is C6H14O2. The highest BCUT2D eigenvalue weighted by atomic mass is 16.6. The van der Waals surface area contributed by atoms with Gasteiger partial charge in [0.2, 0.25) is 0 Å². The largest absolute Gasteiger partial charge is 0.359 e. The van der Waals surface area contributed by atoms with E-state index in [2.05, 4.69) is 16.1 Å². The Balaban J connectivity index is 0. The van der Waals surface area contributed by atoms with Crippen LogP contribution in [0.25, 0.3) is 0 Å². The van der Waals surface area contributed by atoms with Gasteiger partial charge >= 0.3 is 0 Å². The lowest BCUT2D eigenvalue weighted by molar-refractivity contribution is -0.00271. The van der Waals surface area contributed by atoms with Crippen LogP contribution in [-0.4, -0.2) is 21.0 Å². The molecule has 50 valence electrons. The van der Waals surface area contributed by atoms with Gasteiger partial charge in [-0.3, -0.25) is 0 Å². The fourth-order valence-corrected chi connectivity index (χ4v) is 0.118. The summed E-state index contributed by atoms with van der Waals surface area (Å²) in [7, 11) is 3.17. The summed E-state index contributed by atoms with van der Waals surface area (Å²) in [5, 5.41) is 0. The molecule has 0 atom stereocenters. The van der Waals surface area contributed by atoms with Gasteiger partial charge in [0.15, 0.2) is 0 Å². The van der Waals surface area contributed by atoms with Gasteiger partial charge in [0.1, 0.15) is 6.79 Å². The van der Waals surface area contributed by atoms with Crippen LogP contribution in [0.2, 0.25) is 0 Å². The Morgan fingerprint density at radius 3 is 1.62 bits per heavy atom. The molecule has 2 heteroatoms. The highest BCUT2D eigenvalue weighted by Gasteiger charge is 1.63. The third kappa shape index (κ3) is 44.6. The molecule has 0 N–H and O–H groups in total. The molecule has 0 aliphatic heterocycles. The molecule has 0 aliphatic rings. The maximum atomic E-state index is 4.47. The van der Waals surface area contributed by atoms with Crippen LogP contribution in [0.15, 0.2) is 12.7 Å². The maximum absolute atomic E-state index is 4.47. The van der Waals surface area contributed by atoms with Gasteiger partial charge in [-0.2, -0.15) is 0 Å². The molecule has 2 nitrogen and oxygen atoms in total. The van der Waals surface area contributed by atoms with E-state index in [-0.39, 0.29) is 0 Å². The van der Waals surface area contributed by atoms with Crippen molar-refractivity contribution in [2.45, 2.75) is 6.92 Å². The second kappa shape index (κ2) is 15.9. The van der Waals surface area contributed by atoms with Gasteiger partial charge in [-0.25, -0.2) is 0 Å². The minimum Gasteiger partial charge on any atom is -0.359 e. The van der Waals surface area contributed by atoms with Gasteiger partial charge in [0.05, 0.1) is 0 Å². The Morgan fingerprint density at radius 1 is 1.38 bits per heavy atom. The van der Waals surface area contributed by atoms with Crippen molar-refractivity contribution in [1.29, 1.82) is 0 Å². The third-order valence-electron chi connectivity index (χ3n) is 0.236. The zero-order valence-corrected chi connectivity index (χ0v) is 5.81. The zero-order valence-electron chi connectivity index (χ0n) is 5.81. The number of hydrogen-bond donors (Lipinski definition) is 0. The van der Waals surface area contributed by atoms with Gasteiger partial charge in [-0.05, 0) is 6.92 Å². The lowest BCUT2D eigenvalue weighted by Gasteiger charge is -1.87. The topological polar surface area (TPSA) is 18.5 Å². The van der Waals surface area contributed by atoms with Crippen molar-refractivity contribution in [3.05, 3.63) is 12.7 Å². The summed E-state index contributed by atoms with van der Waals surface area (Å²) in [5.41, 5.74) is 0. The molecule has 8 heavy (non-hydrogen) atoms. The van der Waals surface area contributed by atoms with Crippen LogP contribution in [0.1, 0.15) is 6.92 Å². The van der Waals surface area contributed by atoms with E-state index in [0.717, 1.165) is 0 Å². The van der Waals surface area contributed by atoms with Crippen molar-refractivity contribution in [1.82, 2.24) is 0 Å². The molecule has 0 fully saturated rings. The molecule has 0 heterocycles. The second-order valence-electron chi connectivity index (χ2n) is 1.10. The van der Waals surface area contributed by atoms with Gasteiger partial charge < -0.3 is 9.47 Å². The monoisotopic (exact) mass is 118 g/mol. The van der Waals surface area contributed by atoms with Gasteiger partial charge in [-0.15, -0.1) is 6.58 Å². The van der Waals surface area contributed by atoms with Crippen LogP contribution >= 0.6 is 0 Å². The Hall–Kier alpha value is -0.340. The molecule has 0 aromatic carbocycles. The number of rotatable bonds is 2. The van der Waals surface area contributed by atoms with E-state index in [9.17, 15) is 0 Å². The Labute approximate surface area is 51.1 Å². The average molecular weight is 118 g/mol. The predicted molar refractivity (Wildman–Crippen MR) is 34.8 cm³/mol. The molecule has 0 bridgehead atoms. The lowest BCUT2D eigenvalue weighted by atomic mass is 10.8. The van der Waals surface area contributed by atoms with E-state index in [4.69, 9.17) is 0 Å². The van der Waals surface area contributed by atoms with E-state index < -0.39 is 0 Å². The Bertz CT molecular complexity index is 33.5. The number of ether oxygens (including phenoxy) is 2. The summed E-state index contributed by atoms with van der Waals surface area (Å²) in [5.74, 6) is 0. The van der Waals surface area contributed by atoms with E-state index in [1.165, 1.54) is 0 Å². The van der Waals surface area contributed by atoms with E-state index in [0.29, 0.717) is 6.79 Å². The summed E-state index contributed by atoms with van der Waals surface area (Å²) in [6, 6.07) is 0. The van der Waals surface area contributed by atoms with Crippen LogP contribution in [0.5, 0.6) is 0 Å². The highest BCUT2D eigenvalue weighted by Crippen LogP contribution is 1.60. The number of methoxy groups -OCH3 is 2. The van der Waals surface area contributed by atoms with E-state index in [1.54, 1.807) is 20.3 Å². The van der Waals surface area contributed by atoms with Gasteiger partial charge in [-0.1, -0.05) is 6.08 Å². The molecule has 0 unspecified atom stereocenters. The molecule has 0 saturated heterocycles. The van der Waals surface area contributed by atoms with Crippen molar-refractivity contribution < 1.29 is 9.47 Å². The first-order chi connectivity index (χ1) is 3.83. The maximum Gasteiger partial charge on any atom is 0.145 e. The summed E-state index contributed by atoms with van der Waals surface area (Å²) in [4.78, 5) is 0. The molecule has 0 rings (SSSR count). The quantitative estimate of drug-likeness (QED) is 0.403. The Morgan fingerprint density at radius 2 is 1.62 bits per heavy atom. The van der Waals surface area contributed by atoms with Gasteiger partial charge in [0, 0.05) is 14.2 Å². The van der Waals surface area contributed by atoms with Crippen LogP contribution < -0.4 is 0 Å². The second-order valence-corrected chi connectivity index (χ2v) is 1.10. The third-order valence-corrected chi connectivity index (χ3v) is 0.236. The molecule has 0 saturated carbocycles. The van der Waals surface area contributed by atoms with Crippen LogP contribution in [0.4, 0.5) is 0 Å². The summed E-state index contributed by atoms with van der Waals surface area (Å²) >= 11 is 0. The molecule has 0 aliphatic carbocycles. The molecule has 0 radical (unpaired) electrons. The zero-order chi connectivity index (χ0) is 6.83. The minimum absolute atomic E-state index is 0.389. The highest BCUT2D eigenvalue weighted by molar-refractivity contribution is 4.51. The lowest BCUT2D eigenvalue weighted by Crippen LogP contribution is -1.87. The van der Waals surface area contributed by atoms with E-state index in [1.807, 2.05) is 6.92 Å². The fourth-order valence-electron chi connectivity index (χ4n) is 0.118. The number of allylic oxidation sites excluding steroid dienone is 1. The van der Waals surface area contributed by atoms with Crippen LogP contribution in [0.3, 0.4) is 0 Å². The molecule has 0 spiro atoms. The SMILES string of the molecule is C=CC.COCOC. The smallest absolute Gasteiger partial charge is 0.145 e. The first kappa shape index (κ1) is 10.6. The normalized spacial score (nSPS) is 6.88. The molecular weight excluding hydrogens is 104 g/mol. The first-order valence-corrected chi connectivity index (χ1v) is 2.38. The van der Waals surface area contributed by atoms with Crippen molar-refractivity contribution in [2.75, 3.05) is 21.0 Å². The number of hydrogen-bond acceptors (Lipinski definition) is 2. The van der Waals surface area contributed by atoms with Crippen molar-refractivity contribution in [3.63, 3.8) is 0 Å². The molecule has 0 amide bonds. The minimum atomic E-state index is 0.389. The Kier molecular flexibility index (Phi) is 21.1. The predicted octanol–water partition coefficient (Wildman–Crippen LogP) is 1.43.